The molecule has 1 rings (SSSR count). The molecule has 1 heterocycles. The second kappa shape index (κ2) is 9.18. The molecule has 1 aliphatic rings. The number of urea groups is 1. The number of likely N-dealkylation sites (tertiary alicyclic amines) is 1. The largest absolute Gasteiger partial charge is 0.338 e. The van der Waals surface area contributed by atoms with Gasteiger partial charge in [0.25, 0.3) is 0 Å². The molecule has 0 aliphatic carbocycles. The standard InChI is InChI=1S/C15H31N3O/c1-4-6-8-13(5-2)11-16-15(19)17-14-9-7-10-18(3)12-14/h13-14H,4-12H2,1-3H3,(H2,16,17,19). The topological polar surface area (TPSA) is 44.4 Å². The third-order valence-electron chi connectivity index (χ3n) is 4.05. The van der Waals surface area contributed by atoms with Crippen molar-refractivity contribution in [3.8, 4) is 0 Å². The lowest BCUT2D eigenvalue weighted by atomic mass is 9.99. The number of hydrogen-bond acceptors (Lipinski definition) is 2. The van der Waals surface area contributed by atoms with Gasteiger partial charge in [0, 0.05) is 19.1 Å². The van der Waals surface area contributed by atoms with Gasteiger partial charge in [-0.3, -0.25) is 0 Å². The first-order chi connectivity index (χ1) is 9.15. The van der Waals surface area contributed by atoms with E-state index in [0.717, 1.165) is 32.5 Å². The first kappa shape index (κ1) is 16.3. The van der Waals surface area contributed by atoms with Gasteiger partial charge in [-0.25, -0.2) is 4.79 Å². The first-order valence-corrected chi connectivity index (χ1v) is 7.88. The average molecular weight is 269 g/mol. The minimum Gasteiger partial charge on any atom is -0.338 e. The summed E-state index contributed by atoms with van der Waals surface area (Å²) in [7, 11) is 2.11. The number of rotatable bonds is 7. The Kier molecular flexibility index (Phi) is 7.87. The van der Waals surface area contributed by atoms with E-state index in [1.807, 2.05) is 0 Å². The maximum absolute atomic E-state index is 11.9. The van der Waals surface area contributed by atoms with Gasteiger partial charge in [-0.05, 0) is 38.8 Å². The Balaban J connectivity index is 2.19. The van der Waals surface area contributed by atoms with Gasteiger partial charge in [0.15, 0.2) is 0 Å². The number of piperidine rings is 1. The normalized spacial score (nSPS) is 21.9. The SMILES string of the molecule is CCCCC(CC)CNC(=O)NC1CCCN(C)C1. The highest BCUT2D eigenvalue weighted by Crippen LogP contribution is 2.11. The fraction of sp³-hybridized carbons (Fsp3) is 0.933. The zero-order valence-corrected chi connectivity index (χ0v) is 12.9. The predicted octanol–water partition coefficient (Wildman–Crippen LogP) is 2.60. The van der Waals surface area contributed by atoms with Gasteiger partial charge >= 0.3 is 6.03 Å². The number of likely N-dealkylation sites (N-methyl/N-ethyl adjacent to an activating group) is 1. The Labute approximate surface area is 118 Å². The van der Waals surface area contributed by atoms with Crippen LogP contribution in [0.5, 0.6) is 0 Å². The lowest BCUT2D eigenvalue weighted by Gasteiger charge is -2.30. The monoisotopic (exact) mass is 269 g/mol. The number of nitrogens with one attached hydrogen (secondary N) is 2. The number of hydrogen-bond donors (Lipinski definition) is 2. The summed E-state index contributed by atoms with van der Waals surface area (Å²) in [5.74, 6) is 0.625. The Morgan fingerprint density at radius 1 is 1.42 bits per heavy atom. The summed E-state index contributed by atoms with van der Waals surface area (Å²) in [5.41, 5.74) is 0. The highest BCUT2D eigenvalue weighted by Gasteiger charge is 2.19. The molecule has 2 atom stereocenters. The van der Waals surface area contributed by atoms with Gasteiger partial charge in [0.2, 0.25) is 0 Å². The predicted molar refractivity (Wildman–Crippen MR) is 80.4 cm³/mol. The summed E-state index contributed by atoms with van der Waals surface area (Å²) in [4.78, 5) is 14.2. The van der Waals surface area contributed by atoms with E-state index >= 15 is 0 Å². The molecule has 0 spiro atoms. The Hall–Kier alpha value is -0.770. The molecule has 0 aromatic rings. The molecule has 2 amide bonds. The zero-order valence-electron chi connectivity index (χ0n) is 12.9. The second-order valence-electron chi connectivity index (χ2n) is 5.87. The molecule has 1 fully saturated rings. The number of unbranched alkanes of at least 4 members (excludes halogenated alkanes) is 1. The van der Waals surface area contributed by atoms with Gasteiger partial charge in [-0.1, -0.05) is 33.1 Å². The van der Waals surface area contributed by atoms with Crippen molar-refractivity contribution in [2.75, 3.05) is 26.7 Å². The third kappa shape index (κ3) is 6.81. The van der Waals surface area contributed by atoms with E-state index < -0.39 is 0 Å². The molecular weight excluding hydrogens is 238 g/mol. The fourth-order valence-corrected chi connectivity index (χ4v) is 2.70. The number of amides is 2. The Bertz CT molecular complexity index is 258. The molecular formula is C15H31N3O. The van der Waals surface area contributed by atoms with Gasteiger partial charge in [0.1, 0.15) is 0 Å². The van der Waals surface area contributed by atoms with E-state index in [-0.39, 0.29) is 6.03 Å². The van der Waals surface area contributed by atoms with E-state index in [1.54, 1.807) is 0 Å². The quantitative estimate of drug-likeness (QED) is 0.746. The summed E-state index contributed by atoms with van der Waals surface area (Å²) >= 11 is 0. The summed E-state index contributed by atoms with van der Waals surface area (Å²) in [6, 6.07) is 0.324. The van der Waals surface area contributed by atoms with E-state index in [4.69, 9.17) is 0 Å². The molecule has 0 bridgehead atoms. The van der Waals surface area contributed by atoms with Crippen molar-refractivity contribution >= 4 is 6.03 Å². The van der Waals surface area contributed by atoms with Crippen LogP contribution < -0.4 is 10.6 Å². The van der Waals surface area contributed by atoms with Crippen LogP contribution in [0.1, 0.15) is 52.4 Å². The molecule has 0 aromatic carbocycles. The highest BCUT2D eigenvalue weighted by molar-refractivity contribution is 5.74. The molecule has 112 valence electrons. The molecule has 2 unspecified atom stereocenters. The van der Waals surface area contributed by atoms with Crippen LogP contribution in [-0.4, -0.2) is 43.7 Å². The van der Waals surface area contributed by atoms with Crippen molar-refractivity contribution in [1.29, 1.82) is 0 Å². The Morgan fingerprint density at radius 2 is 2.21 bits per heavy atom. The van der Waals surface area contributed by atoms with Crippen LogP contribution in [0, 0.1) is 5.92 Å². The number of carbonyl (C=O) groups excluding carboxylic acids is 1. The van der Waals surface area contributed by atoms with E-state index in [9.17, 15) is 4.79 Å². The fourth-order valence-electron chi connectivity index (χ4n) is 2.70. The minimum atomic E-state index is 0.00949. The van der Waals surface area contributed by atoms with Gasteiger partial charge < -0.3 is 15.5 Å². The molecule has 0 aromatic heterocycles. The molecule has 19 heavy (non-hydrogen) atoms. The van der Waals surface area contributed by atoms with Gasteiger partial charge in [-0.15, -0.1) is 0 Å². The molecule has 1 saturated heterocycles. The number of nitrogens with zero attached hydrogens (tertiary/aromatic N) is 1. The van der Waals surface area contributed by atoms with Crippen LogP contribution in [0.2, 0.25) is 0 Å². The van der Waals surface area contributed by atoms with Crippen LogP contribution in [0.3, 0.4) is 0 Å². The lowest BCUT2D eigenvalue weighted by Crippen LogP contribution is -2.50. The van der Waals surface area contributed by atoms with Crippen molar-refractivity contribution in [1.82, 2.24) is 15.5 Å². The molecule has 4 heteroatoms. The average Bonchev–Trinajstić information content (AvgIpc) is 2.39. The van der Waals surface area contributed by atoms with Crippen molar-refractivity contribution < 1.29 is 4.79 Å². The van der Waals surface area contributed by atoms with E-state index in [1.165, 1.54) is 25.7 Å². The molecule has 1 aliphatic heterocycles. The van der Waals surface area contributed by atoms with Crippen molar-refractivity contribution in [3.05, 3.63) is 0 Å². The van der Waals surface area contributed by atoms with Crippen LogP contribution in [0.25, 0.3) is 0 Å². The summed E-state index contributed by atoms with van der Waals surface area (Å²) in [6.07, 6.45) is 7.14. The maximum atomic E-state index is 11.9. The molecule has 0 radical (unpaired) electrons. The van der Waals surface area contributed by atoms with Crippen molar-refractivity contribution in [2.24, 2.45) is 5.92 Å². The second-order valence-corrected chi connectivity index (χ2v) is 5.87. The van der Waals surface area contributed by atoms with Gasteiger partial charge in [-0.2, -0.15) is 0 Å². The first-order valence-electron chi connectivity index (χ1n) is 7.88. The third-order valence-corrected chi connectivity index (χ3v) is 4.05. The zero-order chi connectivity index (χ0) is 14.1. The lowest BCUT2D eigenvalue weighted by molar-refractivity contribution is 0.208. The highest BCUT2D eigenvalue weighted by atomic mass is 16.2. The summed E-state index contributed by atoms with van der Waals surface area (Å²) < 4.78 is 0. The van der Waals surface area contributed by atoms with Crippen molar-refractivity contribution in [2.45, 2.75) is 58.4 Å². The number of carbonyl (C=O) groups is 1. The van der Waals surface area contributed by atoms with Gasteiger partial charge in [0.05, 0.1) is 0 Å². The summed E-state index contributed by atoms with van der Waals surface area (Å²) in [6.45, 7) is 7.35. The van der Waals surface area contributed by atoms with Crippen LogP contribution in [-0.2, 0) is 0 Å². The smallest absolute Gasteiger partial charge is 0.315 e. The molecule has 4 nitrogen and oxygen atoms in total. The molecule has 2 N–H and O–H groups in total. The summed E-state index contributed by atoms with van der Waals surface area (Å²) in [5, 5.41) is 6.13. The van der Waals surface area contributed by atoms with Crippen LogP contribution in [0.4, 0.5) is 4.79 Å². The van der Waals surface area contributed by atoms with E-state index in [0.29, 0.717) is 12.0 Å². The maximum Gasteiger partial charge on any atom is 0.315 e. The van der Waals surface area contributed by atoms with E-state index in [2.05, 4.69) is 36.4 Å². The van der Waals surface area contributed by atoms with Crippen LogP contribution >= 0.6 is 0 Å². The molecule has 0 saturated carbocycles. The minimum absolute atomic E-state index is 0.00949. The van der Waals surface area contributed by atoms with Crippen LogP contribution in [0.15, 0.2) is 0 Å². The van der Waals surface area contributed by atoms with Crippen molar-refractivity contribution in [3.63, 3.8) is 0 Å². The Morgan fingerprint density at radius 3 is 2.84 bits per heavy atom.